The first-order chi connectivity index (χ1) is 9.08. The summed E-state index contributed by atoms with van der Waals surface area (Å²) in [4.78, 5) is 5.47. The molecule has 2 N–H and O–H groups in total. The monoisotopic (exact) mass is 265 g/mol. The van der Waals surface area contributed by atoms with Gasteiger partial charge >= 0.3 is 0 Å². The zero-order valence-corrected chi connectivity index (χ0v) is 12.8. The Balaban J connectivity index is 1.70. The normalized spacial score (nSPS) is 40.9. The lowest BCUT2D eigenvalue weighted by Crippen LogP contribution is -2.58. The molecule has 0 amide bonds. The van der Waals surface area contributed by atoms with Gasteiger partial charge in [0, 0.05) is 24.7 Å². The van der Waals surface area contributed by atoms with Gasteiger partial charge in [0.05, 0.1) is 0 Å². The van der Waals surface area contributed by atoms with Crippen LogP contribution in [0.1, 0.15) is 52.4 Å². The minimum atomic E-state index is 0.324. The second-order valence-electron chi connectivity index (χ2n) is 7.65. The molecule has 0 aromatic heterocycles. The standard InChI is InChI=1S/C16H31N3/c1-16(2)8-3-7-14(15(16)17)19-11-5-10-18-9-4-6-13(18)12-19/h13-15H,3-12,17H2,1-2H3. The summed E-state index contributed by atoms with van der Waals surface area (Å²) in [5.41, 5.74) is 6.94. The van der Waals surface area contributed by atoms with E-state index in [0.717, 1.165) is 6.04 Å². The van der Waals surface area contributed by atoms with Gasteiger partial charge in [-0.25, -0.2) is 0 Å². The molecule has 3 rings (SSSR count). The average molecular weight is 265 g/mol. The van der Waals surface area contributed by atoms with Crippen molar-refractivity contribution in [1.29, 1.82) is 0 Å². The molecular formula is C16H31N3. The maximum Gasteiger partial charge on any atom is 0.0253 e. The topological polar surface area (TPSA) is 32.5 Å². The summed E-state index contributed by atoms with van der Waals surface area (Å²) in [5, 5.41) is 0. The van der Waals surface area contributed by atoms with Crippen molar-refractivity contribution >= 4 is 0 Å². The number of rotatable bonds is 1. The Morgan fingerprint density at radius 2 is 1.68 bits per heavy atom. The van der Waals surface area contributed by atoms with E-state index >= 15 is 0 Å². The molecule has 3 unspecified atom stereocenters. The van der Waals surface area contributed by atoms with Crippen LogP contribution in [0.2, 0.25) is 0 Å². The van der Waals surface area contributed by atoms with Gasteiger partial charge in [-0.3, -0.25) is 9.80 Å². The molecule has 2 saturated heterocycles. The van der Waals surface area contributed by atoms with Gasteiger partial charge in [0.1, 0.15) is 0 Å². The second-order valence-corrected chi connectivity index (χ2v) is 7.65. The first-order valence-corrected chi connectivity index (χ1v) is 8.31. The summed E-state index contributed by atoms with van der Waals surface area (Å²) < 4.78 is 0. The summed E-state index contributed by atoms with van der Waals surface area (Å²) in [5.74, 6) is 0. The molecule has 110 valence electrons. The highest BCUT2D eigenvalue weighted by molar-refractivity contribution is 4.98. The fourth-order valence-corrected chi connectivity index (χ4v) is 4.58. The Bertz CT molecular complexity index is 315. The molecule has 19 heavy (non-hydrogen) atoms. The highest BCUT2D eigenvalue weighted by atomic mass is 15.3. The molecule has 0 spiro atoms. The van der Waals surface area contributed by atoms with Crippen molar-refractivity contribution in [1.82, 2.24) is 9.80 Å². The van der Waals surface area contributed by atoms with E-state index < -0.39 is 0 Å². The van der Waals surface area contributed by atoms with Crippen molar-refractivity contribution in [2.45, 2.75) is 70.5 Å². The minimum absolute atomic E-state index is 0.324. The third-order valence-electron chi connectivity index (χ3n) is 5.94. The first-order valence-electron chi connectivity index (χ1n) is 8.31. The van der Waals surface area contributed by atoms with Gasteiger partial charge in [-0.2, -0.15) is 0 Å². The highest BCUT2D eigenvalue weighted by Gasteiger charge is 2.41. The van der Waals surface area contributed by atoms with Crippen molar-refractivity contribution < 1.29 is 0 Å². The van der Waals surface area contributed by atoms with Crippen LogP contribution >= 0.6 is 0 Å². The van der Waals surface area contributed by atoms with Crippen molar-refractivity contribution in [3.8, 4) is 0 Å². The quantitative estimate of drug-likeness (QED) is 0.788. The lowest BCUT2D eigenvalue weighted by molar-refractivity contribution is 0.0631. The van der Waals surface area contributed by atoms with Crippen LogP contribution in [0.15, 0.2) is 0 Å². The number of hydrogen-bond acceptors (Lipinski definition) is 3. The maximum absolute atomic E-state index is 6.62. The SMILES string of the molecule is CC1(C)CCCC(N2CCCN3CCCC3C2)C1N. The molecule has 0 aromatic carbocycles. The predicted molar refractivity (Wildman–Crippen MR) is 80.2 cm³/mol. The van der Waals surface area contributed by atoms with E-state index in [1.807, 2.05) is 0 Å². The van der Waals surface area contributed by atoms with Crippen molar-refractivity contribution in [2.24, 2.45) is 11.1 Å². The van der Waals surface area contributed by atoms with E-state index in [1.54, 1.807) is 0 Å². The Morgan fingerprint density at radius 1 is 0.947 bits per heavy atom. The molecule has 0 bridgehead atoms. The molecule has 3 aliphatic rings. The smallest absolute Gasteiger partial charge is 0.0253 e. The Hall–Kier alpha value is -0.120. The molecule has 1 aliphatic carbocycles. The third-order valence-corrected chi connectivity index (χ3v) is 5.94. The molecule has 1 saturated carbocycles. The molecule has 3 fully saturated rings. The lowest BCUT2D eigenvalue weighted by atomic mass is 9.70. The van der Waals surface area contributed by atoms with Crippen LogP contribution in [0, 0.1) is 5.41 Å². The molecule has 0 aromatic rings. The molecule has 3 heteroatoms. The summed E-state index contributed by atoms with van der Waals surface area (Å²) in [6.45, 7) is 9.91. The summed E-state index contributed by atoms with van der Waals surface area (Å²) in [7, 11) is 0. The fraction of sp³-hybridized carbons (Fsp3) is 1.00. The zero-order chi connectivity index (χ0) is 13.5. The van der Waals surface area contributed by atoms with Crippen LogP contribution in [-0.2, 0) is 0 Å². The van der Waals surface area contributed by atoms with Crippen molar-refractivity contribution in [2.75, 3.05) is 26.2 Å². The van der Waals surface area contributed by atoms with Crippen LogP contribution in [0.4, 0.5) is 0 Å². The number of nitrogens with zero attached hydrogens (tertiary/aromatic N) is 2. The van der Waals surface area contributed by atoms with Gasteiger partial charge in [-0.1, -0.05) is 20.3 Å². The van der Waals surface area contributed by atoms with Crippen LogP contribution in [-0.4, -0.2) is 54.1 Å². The Labute approximate surface area is 118 Å². The Kier molecular flexibility index (Phi) is 3.89. The van der Waals surface area contributed by atoms with Crippen LogP contribution in [0.3, 0.4) is 0 Å². The molecule has 3 atom stereocenters. The lowest BCUT2D eigenvalue weighted by Gasteiger charge is -2.47. The molecule has 3 nitrogen and oxygen atoms in total. The predicted octanol–water partition coefficient (Wildman–Crippen LogP) is 2.06. The number of hydrogen-bond donors (Lipinski definition) is 1. The molecule has 2 aliphatic heterocycles. The second kappa shape index (κ2) is 5.34. The van der Waals surface area contributed by atoms with Gasteiger partial charge in [-0.15, -0.1) is 0 Å². The van der Waals surface area contributed by atoms with E-state index in [4.69, 9.17) is 5.73 Å². The van der Waals surface area contributed by atoms with Crippen LogP contribution in [0.5, 0.6) is 0 Å². The highest BCUT2D eigenvalue weighted by Crippen LogP contribution is 2.37. The summed E-state index contributed by atoms with van der Waals surface area (Å²) >= 11 is 0. The van der Waals surface area contributed by atoms with Crippen molar-refractivity contribution in [3.05, 3.63) is 0 Å². The van der Waals surface area contributed by atoms with E-state index in [1.165, 1.54) is 64.7 Å². The van der Waals surface area contributed by atoms with E-state index in [9.17, 15) is 0 Å². The molecule has 0 radical (unpaired) electrons. The average Bonchev–Trinajstić information content (AvgIpc) is 2.70. The summed E-state index contributed by atoms with van der Waals surface area (Å²) in [6.07, 6.45) is 8.12. The molecular weight excluding hydrogens is 234 g/mol. The van der Waals surface area contributed by atoms with Crippen LogP contribution < -0.4 is 5.73 Å². The van der Waals surface area contributed by atoms with Gasteiger partial charge in [-0.05, 0) is 57.2 Å². The van der Waals surface area contributed by atoms with Crippen molar-refractivity contribution in [3.63, 3.8) is 0 Å². The van der Waals surface area contributed by atoms with Gasteiger partial charge in [0.2, 0.25) is 0 Å². The Morgan fingerprint density at radius 3 is 2.53 bits per heavy atom. The minimum Gasteiger partial charge on any atom is -0.326 e. The van der Waals surface area contributed by atoms with Gasteiger partial charge in [0.25, 0.3) is 0 Å². The molecule has 2 heterocycles. The summed E-state index contributed by atoms with van der Waals surface area (Å²) in [6, 6.07) is 1.80. The van der Waals surface area contributed by atoms with Gasteiger partial charge in [0.15, 0.2) is 0 Å². The van der Waals surface area contributed by atoms with E-state index in [0.29, 0.717) is 17.5 Å². The fourth-order valence-electron chi connectivity index (χ4n) is 4.58. The van der Waals surface area contributed by atoms with Crippen LogP contribution in [0.25, 0.3) is 0 Å². The first kappa shape index (κ1) is 13.8. The maximum atomic E-state index is 6.62. The largest absolute Gasteiger partial charge is 0.326 e. The van der Waals surface area contributed by atoms with E-state index in [-0.39, 0.29) is 0 Å². The zero-order valence-electron chi connectivity index (χ0n) is 12.8. The van der Waals surface area contributed by atoms with E-state index in [2.05, 4.69) is 23.6 Å². The number of fused-ring (bicyclic) bond motifs is 1. The van der Waals surface area contributed by atoms with Gasteiger partial charge < -0.3 is 5.73 Å². The third kappa shape index (κ3) is 2.70. The number of nitrogens with two attached hydrogens (primary N) is 1.